The second-order valence-electron chi connectivity index (χ2n) is 8.21. The summed E-state index contributed by atoms with van der Waals surface area (Å²) in [4.78, 5) is 20.0. The molecule has 0 spiro atoms. The molecule has 6 nitrogen and oxygen atoms in total. The fourth-order valence-corrected chi connectivity index (χ4v) is 6.23. The summed E-state index contributed by atoms with van der Waals surface area (Å²) in [5.41, 5.74) is 4.41. The molecular weight excluding hydrogens is 438 g/mol. The van der Waals surface area contributed by atoms with Crippen LogP contribution in [0.5, 0.6) is 0 Å². The Morgan fingerprint density at radius 3 is 2.84 bits per heavy atom. The van der Waals surface area contributed by atoms with E-state index < -0.39 is 0 Å². The summed E-state index contributed by atoms with van der Waals surface area (Å²) < 4.78 is 3.23. The predicted octanol–water partition coefficient (Wildman–Crippen LogP) is 5.26. The van der Waals surface area contributed by atoms with Crippen LogP contribution < -0.4 is 0 Å². The van der Waals surface area contributed by atoms with Crippen LogP contribution in [-0.2, 0) is 4.79 Å². The first-order valence-electron chi connectivity index (χ1n) is 10.8. The molecule has 1 amide bonds. The molecule has 1 aliphatic rings. The maximum atomic E-state index is 13.2. The number of amides is 1. The minimum Gasteiger partial charge on any atom is -0.332 e. The largest absolute Gasteiger partial charge is 0.332 e. The molecular formula is C24H25N5OS2. The van der Waals surface area contributed by atoms with Gasteiger partial charge in [-0.15, -0.1) is 21.5 Å². The topological polar surface area (TPSA) is 63.9 Å². The number of likely N-dealkylation sites (tertiary alicyclic amines) is 1. The van der Waals surface area contributed by atoms with Crippen LogP contribution in [0.3, 0.4) is 0 Å². The fraction of sp³-hybridized carbons (Fsp3) is 0.333. The maximum Gasteiger partial charge on any atom is 0.233 e. The highest BCUT2D eigenvalue weighted by molar-refractivity contribution is 7.99. The fourth-order valence-electron chi connectivity index (χ4n) is 4.24. The van der Waals surface area contributed by atoms with Gasteiger partial charge in [-0.2, -0.15) is 0 Å². The average Bonchev–Trinajstić information content (AvgIpc) is 3.51. The van der Waals surface area contributed by atoms with Crippen LogP contribution in [0.2, 0.25) is 0 Å². The highest BCUT2D eigenvalue weighted by atomic mass is 32.2. The Kier molecular flexibility index (Phi) is 5.73. The third kappa shape index (κ3) is 3.93. The van der Waals surface area contributed by atoms with Crippen molar-refractivity contribution >= 4 is 39.2 Å². The molecule has 0 unspecified atom stereocenters. The molecule has 0 bridgehead atoms. The number of carbonyl (C=O) groups excluding carboxylic acids is 1. The van der Waals surface area contributed by atoms with Gasteiger partial charge in [-0.05, 0) is 62.9 Å². The van der Waals surface area contributed by atoms with Crippen molar-refractivity contribution in [3.05, 3.63) is 64.4 Å². The number of aromatic nitrogens is 4. The lowest BCUT2D eigenvalue weighted by Gasteiger charge is -2.23. The standard InChI is InChI=1S/C24H25N5OS2/c1-15-10-11-16(2)20(13-15)29-17(3)26-27-24(29)31-14-22(30)28-12-6-8-19(28)23-25-18-7-4-5-9-21(18)32-23/h4-5,7,9-11,13,19H,6,8,12,14H2,1-3H3/t19-/m0/s1. The Morgan fingerprint density at radius 1 is 1.16 bits per heavy atom. The van der Waals surface area contributed by atoms with E-state index in [1.165, 1.54) is 22.0 Å². The highest BCUT2D eigenvalue weighted by Crippen LogP contribution is 2.37. The van der Waals surface area contributed by atoms with Gasteiger partial charge in [-0.25, -0.2) is 4.98 Å². The molecule has 1 saturated heterocycles. The number of thioether (sulfide) groups is 1. The second-order valence-corrected chi connectivity index (χ2v) is 10.2. The summed E-state index contributed by atoms with van der Waals surface area (Å²) in [5.74, 6) is 1.29. The van der Waals surface area contributed by atoms with Crippen LogP contribution >= 0.6 is 23.1 Å². The summed E-state index contributed by atoms with van der Waals surface area (Å²) in [7, 11) is 0. The zero-order valence-electron chi connectivity index (χ0n) is 18.4. The van der Waals surface area contributed by atoms with Crippen LogP contribution in [-0.4, -0.2) is 42.9 Å². The van der Waals surface area contributed by atoms with Crippen LogP contribution in [0, 0.1) is 20.8 Å². The SMILES string of the molecule is Cc1ccc(C)c(-n2c(C)nnc2SCC(=O)N2CCC[C@H]2c2nc3ccccc3s2)c1. The Morgan fingerprint density at radius 2 is 2.00 bits per heavy atom. The monoisotopic (exact) mass is 463 g/mol. The first-order chi connectivity index (χ1) is 15.5. The molecule has 5 rings (SSSR count). The summed E-state index contributed by atoms with van der Waals surface area (Å²) in [6.45, 7) is 6.89. The van der Waals surface area contributed by atoms with Crippen LogP contribution in [0.1, 0.15) is 40.8 Å². The second kappa shape index (κ2) is 8.67. The molecule has 1 aliphatic heterocycles. The lowest BCUT2D eigenvalue weighted by atomic mass is 10.1. The maximum absolute atomic E-state index is 13.2. The normalized spacial score (nSPS) is 16.2. The van der Waals surface area contributed by atoms with Crippen molar-refractivity contribution < 1.29 is 4.79 Å². The van der Waals surface area contributed by atoms with Crippen molar-refractivity contribution in [2.45, 2.75) is 44.8 Å². The van der Waals surface area contributed by atoms with Gasteiger partial charge in [0.05, 0.1) is 27.7 Å². The van der Waals surface area contributed by atoms with Crippen LogP contribution in [0.4, 0.5) is 0 Å². The van der Waals surface area contributed by atoms with Gasteiger partial charge in [0.1, 0.15) is 10.8 Å². The summed E-state index contributed by atoms with van der Waals surface area (Å²) in [6.07, 6.45) is 1.97. The van der Waals surface area contributed by atoms with Gasteiger partial charge >= 0.3 is 0 Å². The number of para-hydroxylation sites is 1. The number of nitrogens with zero attached hydrogens (tertiary/aromatic N) is 5. The zero-order chi connectivity index (χ0) is 22.2. The third-order valence-corrected chi connectivity index (χ3v) is 7.95. The molecule has 2 aromatic heterocycles. The van der Waals surface area contributed by atoms with Gasteiger partial charge in [0.2, 0.25) is 5.91 Å². The van der Waals surface area contributed by atoms with Gasteiger partial charge in [0.25, 0.3) is 0 Å². The summed E-state index contributed by atoms with van der Waals surface area (Å²) >= 11 is 3.15. The van der Waals surface area contributed by atoms with E-state index in [2.05, 4.69) is 52.9 Å². The van der Waals surface area contributed by atoms with Gasteiger partial charge in [0, 0.05) is 6.54 Å². The molecule has 0 N–H and O–H groups in total. The number of hydrogen-bond acceptors (Lipinski definition) is 6. The molecule has 4 aromatic rings. The molecule has 0 radical (unpaired) electrons. The average molecular weight is 464 g/mol. The van der Waals surface area contributed by atoms with E-state index in [0.717, 1.165) is 52.1 Å². The first kappa shape index (κ1) is 21.2. The molecule has 164 valence electrons. The molecule has 8 heteroatoms. The number of benzene rings is 2. The van der Waals surface area contributed by atoms with E-state index in [-0.39, 0.29) is 11.9 Å². The van der Waals surface area contributed by atoms with Crippen molar-refractivity contribution in [1.82, 2.24) is 24.6 Å². The molecule has 1 fully saturated rings. The number of carbonyl (C=O) groups is 1. The quantitative estimate of drug-likeness (QED) is 0.378. The van der Waals surface area contributed by atoms with Crippen molar-refractivity contribution in [3.63, 3.8) is 0 Å². The van der Waals surface area contributed by atoms with E-state index in [1.54, 1.807) is 11.3 Å². The smallest absolute Gasteiger partial charge is 0.233 e. The van der Waals surface area contributed by atoms with E-state index in [9.17, 15) is 4.79 Å². The van der Waals surface area contributed by atoms with Crippen molar-refractivity contribution in [2.24, 2.45) is 0 Å². The molecule has 1 atom stereocenters. The van der Waals surface area contributed by atoms with Crippen LogP contribution in [0.25, 0.3) is 15.9 Å². The molecule has 0 saturated carbocycles. The number of thiazole rings is 1. The predicted molar refractivity (Wildman–Crippen MR) is 130 cm³/mol. The Bertz CT molecular complexity index is 1260. The molecule has 3 heterocycles. The van der Waals surface area contributed by atoms with E-state index in [0.29, 0.717) is 5.75 Å². The first-order valence-corrected chi connectivity index (χ1v) is 12.6. The van der Waals surface area contributed by atoms with Crippen molar-refractivity contribution in [2.75, 3.05) is 12.3 Å². The van der Waals surface area contributed by atoms with E-state index >= 15 is 0 Å². The minimum atomic E-state index is 0.0686. The lowest BCUT2D eigenvalue weighted by Crippen LogP contribution is -2.32. The van der Waals surface area contributed by atoms with Gasteiger partial charge in [-0.1, -0.05) is 36.0 Å². The number of fused-ring (bicyclic) bond motifs is 1. The zero-order valence-corrected chi connectivity index (χ0v) is 20.0. The molecule has 2 aromatic carbocycles. The molecule has 32 heavy (non-hydrogen) atoms. The Labute approximate surface area is 195 Å². The van der Waals surface area contributed by atoms with E-state index in [1.807, 2.05) is 30.0 Å². The number of rotatable bonds is 5. The summed E-state index contributed by atoms with van der Waals surface area (Å²) in [6, 6.07) is 14.6. The number of hydrogen-bond donors (Lipinski definition) is 0. The third-order valence-electron chi connectivity index (χ3n) is 5.89. The Hall–Kier alpha value is -2.71. The minimum absolute atomic E-state index is 0.0686. The Balaban J connectivity index is 1.34. The van der Waals surface area contributed by atoms with Crippen molar-refractivity contribution in [3.8, 4) is 5.69 Å². The van der Waals surface area contributed by atoms with Gasteiger partial charge in [-0.3, -0.25) is 9.36 Å². The van der Waals surface area contributed by atoms with Gasteiger partial charge < -0.3 is 4.90 Å². The van der Waals surface area contributed by atoms with Gasteiger partial charge in [0.15, 0.2) is 5.16 Å². The van der Waals surface area contributed by atoms with Crippen molar-refractivity contribution in [1.29, 1.82) is 0 Å². The van der Waals surface area contributed by atoms with Crippen LogP contribution in [0.15, 0.2) is 47.6 Å². The van der Waals surface area contributed by atoms with E-state index in [4.69, 9.17) is 4.98 Å². The number of aryl methyl sites for hydroxylation is 3. The summed E-state index contributed by atoms with van der Waals surface area (Å²) in [5, 5.41) is 10.4. The molecule has 0 aliphatic carbocycles. The lowest BCUT2D eigenvalue weighted by molar-refractivity contribution is -0.129. The highest BCUT2D eigenvalue weighted by Gasteiger charge is 2.32.